The van der Waals surface area contributed by atoms with Gasteiger partial charge >= 0.3 is 12.1 Å². The van der Waals surface area contributed by atoms with Crippen molar-refractivity contribution >= 4 is 12.1 Å². The van der Waals surface area contributed by atoms with E-state index in [1.165, 1.54) is 7.11 Å². The van der Waals surface area contributed by atoms with Crippen LogP contribution in [0.1, 0.15) is 51.2 Å². The largest absolute Gasteiger partial charge is 0.467 e. The molecule has 1 amide bonds. The third-order valence-corrected chi connectivity index (χ3v) is 7.84. The average molecular weight is 554 g/mol. The summed E-state index contributed by atoms with van der Waals surface area (Å²) in [5.74, 6) is -2.49. The number of amides is 1. The molecule has 1 N–H and O–H groups in total. The van der Waals surface area contributed by atoms with Gasteiger partial charge in [-0.1, -0.05) is 48.5 Å². The van der Waals surface area contributed by atoms with Crippen LogP contribution in [0.3, 0.4) is 0 Å². The number of hydrogen-bond acceptors (Lipinski definition) is 9. The lowest BCUT2D eigenvalue weighted by molar-refractivity contribution is -0.236. The Morgan fingerprint density at radius 3 is 2.08 bits per heavy atom. The topological polar surface area (TPSA) is 111 Å². The molecule has 3 fully saturated rings. The highest BCUT2D eigenvalue weighted by atomic mass is 16.9. The molecule has 0 radical (unpaired) electrons. The maximum absolute atomic E-state index is 13.0. The lowest BCUT2D eigenvalue weighted by Crippen LogP contribution is -2.57. The van der Waals surface area contributed by atoms with Gasteiger partial charge in [0.1, 0.15) is 31.0 Å². The average Bonchev–Trinajstić information content (AvgIpc) is 3.53. The van der Waals surface area contributed by atoms with Crippen LogP contribution in [0.5, 0.6) is 0 Å². The fourth-order valence-corrected chi connectivity index (χ4v) is 6.25. The minimum Gasteiger partial charge on any atom is -0.467 e. The fourth-order valence-electron chi connectivity index (χ4n) is 6.25. The van der Waals surface area contributed by atoms with Gasteiger partial charge in [0, 0.05) is 12.3 Å². The summed E-state index contributed by atoms with van der Waals surface area (Å²) in [5, 5.41) is 2.68. The summed E-state index contributed by atoms with van der Waals surface area (Å²) in [6.07, 6.45) is -3.56. The van der Waals surface area contributed by atoms with E-state index in [1.54, 1.807) is 13.8 Å². The van der Waals surface area contributed by atoms with Crippen LogP contribution in [-0.2, 0) is 38.0 Å². The lowest BCUT2D eigenvalue weighted by Gasteiger charge is -2.38. The Morgan fingerprint density at radius 1 is 0.850 bits per heavy atom. The number of nitrogens with one attached hydrogen (secondary N) is 1. The molecule has 3 aliphatic heterocycles. The van der Waals surface area contributed by atoms with Crippen molar-refractivity contribution < 1.29 is 42.7 Å². The van der Waals surface area contributed by atoms with E-state index in [0.717, 1.165) is 22.3 Å². The Kier molecular flexibility index (Phi) is 6.87. The van der Waals surface area contributed by atoms with Gasteiger partial charge in [0.15, 0.2) is 17.9 Å². The van der Waals surface area contributed by atoms with Crippen molar-refractivity contribution in [1.29, 1.82) is 0 Å². The molecule has 214 valence electrons. The van der Waals surface area contributed by atoms with Gasteiger partial charge in [-0.25, -0.2) is 9.59 Å². The first kappa shape index (κ1) is 27.2. The van der Waals surface area contributed by atoms with Gasteiger partial charge in [0.05, 0.1) is 13.2 Å². The Bertz CT molecular complexity index is 1250. The molecule has 10 heteroatoms. The Morgan fingerprint density at radius 2 is 1.43 bits per heavy atom. The van der Waals surface area contributed by atoms with Crippen LogP contribution < -0.4 is 5.32 Å². The first-order chi connectivity index (χ1) is 19.0. The molecule has 6 rings (SSSR count). The number of carbonyl (C=O) groups is 2. The molecule has 4 aliphatic rings. The fraction of sp³-hybridized carbons (Fsp3) is 0.533. The number of hydrogen-bond donors (Lipinski definition) is 1. The quantitative estimate of drug-likeness (QED) is 0.533. The van der Waals surface area contributed by atoms with E-state index in [1.807, 2.05) is 50.2 Å². The van der Waals surface area contributed by atoms with Gasteiger partial charge in [-0.3, -0.25) is 0 Å². The summed E-state index contributed by atoms with van der Waals surface area (Å²) in [4.78, 5) is 25.8. The second-order valence-corrected chi connectivity index (χ2v) is 11.5. The van der Waals surface area contributed by atoms with Crippen LogP contribution in [-0.4, -0.2) is 74.1 Å². The number of methoxy groups -OCH3 is 1. The number of alkyl carbamates (subject to hydrolysis) is 1. The van der Waals surface area contributed by atoms with E-state index >= 15 is 0 Å². The number of rotatable bonds is 6. The van der Waals surface area contributed by atoms with Crippen LogP contribution in [0.25, 0.3) is 11.1 Å². The minimum absolute atomic E-state index is 0.0600. The molecule has 0 saturated carbocycles. The Balaban J connectivity index is 1.15. The molecule has 2 aromatic rings. The van der Waals surface area contributed by atoms with Crippen LogP contribution in [0.15, 0.2) is 48.5 Å². The molecule has 3 heterocycles. The molecule has 0 spiro atoms. The predicted octanol–water partition coefficient (Wildman–Crippen LogP) is 3.85. The molecule has 0 bridgehead atoms. The second kappa shape index (κ2) is 10.1. The van der Waals surface area contributed by atoms with Gasteiger partial charge in [0.2, 0.25) is 0 Å². The minimum atomic E-state index is -1.05. The van der Waals surface area contributed by atoms with Gasteiger partial charge < -0.3 is 38.5 Å². The molecule has 2 aromatic carbocycles. The predicted molar refractivity (Wildman–Crippen MR) is 141 cm³/mol. The normalized spacial score (nSPS) is 30.0. The Hall–Kier alpha value is -3.02. The third-order valence-electron chi connectivity index (χ3n) is 7.84. The molecule has 40 heavy (non-hydrogen) atoms. The van der Waals surface area contributed by atoms with Crippen molar-refractivity contribution in [2.24, 2.45) is 0 Å². The van der Waals surface area contributed by atoms with Gasteiger partial charge in [-0.05, 0) is 49.9 Å². The number of ether oxygens (including phenoxy) is 7. The summed E-state index contributed by atoms with van der Waals surface area (Å²) in [6.45, 7) is 7.34. The van der Waals surface area contributed by atoms with Crippen LogP contribution in [0.4, 0.5) is 4.79 Å². The molecule has 6 atom stereocenters. The first-order valence-corrected chi connectivity index (χ1v) is 13.6. The van der Waals surface area contributed by atoms with Crippen LogP contribution >= 0.6 is 0 Å². The Labute approximate surface area is 233 Å². The zero-order valence-corrected chi connectivity index (χ0v) is 23.2. The summed E-state index contributed by atoms with van der Waals surface area (Å²) in [5.41, 5.74) is 4.45. The number of carbonyl (C=O) groups excluding carboxylic acids is 2. The number of fused-ring (bicyclic) bond motifs is 6. The van der Waals surface area contributed by atoms with Crippen LogP contribution in [0, 0.1) is 0 Å². The second-order valence-electron chi connectivity index (χ2n) is 11.5. The van der Waals surface area contributed by atoms with Crippen molar-refractivity contribution in [3.05, 3.63) is 59.7 Å². The zero-order chi connectivity index (χ0) is 28.2. The molecule has 3 saturated heterocycles. The standard InChI is InChI=1S/C30H35NO9/c1-29(2)37-23-22(36-27-25(24(23)38-29)39-30(3,4)40-27)14-21(26(32)34-5)31-28(33)35-15-20-18-12-8-6-10-16(18)17-11-7-9-13-19(17)20/h6-13,20-25,27H,14-15H2,1-5H3,(H,31,33)/t21-,22?,23-,24-,25?,27+/m0/s1. The highest BCUT2D eigenvalue weighted by Gasteiger charge is 2.61. The van der Waals surface area contributed by atoms with Gasteiger partial charge in [-0.15, -0.1) is 0 Å². The SMILES string of the molecule is COC(=O)[C@H](CC1O[C@@H]2OC(C)(C)OC2[C@H]2OC(C)(C)O[C@@H]12)NC(=O)OCC1c2ccccc2-c2ccccc21. The van der Waals surface area contributed by atoms with Crippen molar-refractivity contribution in [1.82, 2.24) is 5.32 Å². The maximum atomic E-state index is 13.0. The van der Waals surface area contributed by atoms with E-state index in [4.69, 9.17) is 33.2 Å². The molecule has 1 aliphatic carbocycles. The molecule has 10 nitrogen and oxygen atoms in total. The molecular weight excluding hydrogens is 518 g/mol. The van der Waals surface area contributed by atoms with Crippen molar-refractivity contribution in [2.45, 2.75) is 88.4 Å². The highest BCUT2D eigenvalue weighted by molar-refractivity contribution is 5.82. The molecule has 0 aromatic heterocycles. The highest BCUT2D eigenvalue weighted by Crippen LogP contribution is 2.46. The van der Waals surface area contributed by atoms with Crippen molar-refractivity contribution in [2.75, 3.05) is 13.7 Å². The summed E-state index contributed by atoms with van der Waals surface area (Å²) in [6, 6.07) is 15.1. The van der Waals surface area contributed by atoms with Crippen molar-refractivity contribution in [3.8, 4) is 11.1 Å². The number of esters is 1. The van der Waals surface area contributed by atoms with Gasteiger partial charge in [-0.2, -0.15) is 0 Å². The van der Waals surface area contributed by atoms with E-state index in [0.29, 0.717) is 0 Å². The summed E-state index contributed by atoms with van der Waals surface area (Å²) >= 11 is 0. The third kappa shape index (κ3) is 4.99. The summed E-state index contributed by atoms with van der Waals surface area (Å²) in [7, 11) is 1.27. The summed E-state index contributed by atoms with van der Waals surface area (Å²) < 4.78 is 41.2. The van der Waals surface area contributed by atoms with Crippen LogP contribution in [0.2, 0.25) is 0 Å². The lowest BCUT2D eigenvalue weighted by atomic mass is 9.94. The zero-order valence-electron chi connectivity index (χ0n) is 23.2. The molecular formula is C30H35NO9. The van der Waals surface area contributed by atoms with Gasteiger partial charge in [0.25, 0.3) is 0 Å². The van der Waals surface area contributed by atoms with Crippen molar-refractivity contribution in [3.63, 3.8) is 0 Å². The van der Waals surface area contributed by atoms with E-state index in [2.05, 4.69) is 17.4 Å². The maximum Gasteiger partial charge on any atom is 0.407 e. The smallest absolute Gasteiger partial charge is 0.407 e. The molecule has 2 unspecified atom stereocenters. The first-order valence-electron chi connectivity index (χ1n) is 13.6. The van der Waals surface area contributed by atoms with E-state index in [9.17, 15) is 9.59 Å². The van der Waals surface area contributed by atoms with E-state index in [-0.39, 0.29) is 18.9 Å². The van der Waals surface area contributed by atoms with E-state index < -0.39 is 60.4 Å². The number of benzene rings is 2. The monoisotopic (exact) mass is 553 g/mol.